The van der Waals surface area contributed by atoms with Crippen LogP contribution in [0.1, 0.15) is 13.8 Å². The van der Waals surface area contributed by atoms with Gasteiger partial charge in [-0.15, -0.1) is 0 Å². The first-order valence-corrected chi connectivity index (χ1v) is 4.21. The van der Waals surface area contributed by atoms with Crippen molar-refractivity contribution in [3.63, 3.8) is 0 Å². The van der Waals surface area contributed by atoms with Gasteiger partial charge in [0.1, 0.15) is 0 Å². The van der Waals surface area contributed by atoms with Gasteiger partial charge in [0.15, 0.2) is 0 Å². The second-order valence-corrected chi connectivity index (χ2v) is 3.04. The molecule has 0 aromatic carbocycles. The standard InChI is InChI=1S/C11H17NO/c1-6-9(3)8-10(7-2)11(13)12(4)5/h6-8H,2H2,1,3-5H3/b9-6-,10-8+. The highest BCUT2D eigenvalue weighted by molar-refractivity contribution is 5.96. The van der Waals surface area contributed by atoms with Crippen LogP contribution in [-0.4, -0.2) is 24.9 Å². The van der Waals surface area contributed by atoms with Gasteiger partial charge in [-0.05, 0) is 19.9 Å². The molecule has 72 valence electrons. The van der Waals surface area contributed by atoms with Crippen molar-refractivity contribution in [2.45, 2.75) is 13.8 Å². The van der Waals surface area contributed by atoms with Gasteiger partial charge in [-0.25, -0.2) is 0 Å². The van der Waals surface area contributed by atoms with E-state index in [0.29, 0.717) is 5.57 Å². The van der Waals surface area contributed by atoms with Crippen molar-refractivity contribution in [2.24, 2.45) is 0 Å². The normalized spacial score (nSPS) is 12.6. The van der Waals surface area contributed by atoms with Crippen molar-refractivity contribution in [1.29, 1.82) is 0 Å². The van der Waals surface area contributed by atoms with Gasteiger partial charge in [-0.3, -0.25) is 4.79 Å². The molecule has 0 atom stereocenters. The van der Waals surface area contributed by atoms with Crippen molar-refractivity contribution in [3.05, 3.63) is 36.0 Å². The second-order valence-electron chi connectivity index (χ2n) is 3.04. The SMILES string of the molecule is C=C/C(=C\C(C)=C/C)C(=O)N(C)C. The first-order chi connectivity index (χ1) is 6.02. The van der Waals surface area contributed by atoms with Crippen molar-refractivity contribution < 1.29 is 4.79 Å². The van der Waals surface area contributed by atoms with Gasteiger partial charge in [0.25, 0.3) is 5.91 Å². The lowest BCUT2D eigenvalue weighted by Crippen LogP contribution is -2.22. The number of carbonyl (C=O) groups excluding carboxylic acids is 1. The summed E-state index contributed by atoms with van der Waals surface area (Å²) in [5.74, 6) is -0.0174. The maximum Gasteiger partial charge on any atom is 0.253 e. The Balaban J connectivity index is 4.80. The van der Waals surface area contributed by atoms with E-state index in [0.717, 1.165) is 5.57 Å². The number of likely N-dealkylation sites (N-methyl/N-ethyl adjacent to an activating group) is 1. The number of hydrogen-bond donors (Lipinski definition) is 0. The first-order valence-electron chi connectivity index (χ1n) is 4.21. The molecule has 0 aliphatic rings. The van der Waals surface area contributed by atoms with Crippen LogP contribution >= 0.6 is 0 Å². The average molecular weight is 179 g/mol. The molecule has 2 heteroatoms. The van der Waals surface area contributed by atoms with Crippen molar-refractivity contribution in [3.8, 4) is 0 Å². The largest absolute Gasteiger partial charge is 0.345 e. The van der Waals surface area contributed by atoms with Crippen molar-refractivity contribution in [2.75, 3.05) is 14.1 Å². The summed E-state index contributed by atoms with van der Waals surface area (Å²) in [6.07, 6.45) is 5.36. The molecule has 1 amide bonds. The molecule has 0 heterocycles. The minimum atomic E-state index is -0.0174. The Morgan fingerprint density at radius 1 is 1.38 bits per heavy atom. The van der Waals surface area contributed by atoms with Gasteiger partial charge in [-0.1, -0.05) is 24.3 Å². The fourth-order valence-corrected chi connectivity index (χ4v) is 0.795. The van der Waals surface area contributed by atoms with Crippen LogP contribution in [0.3, 0.4) is 0 Å². The minimum absolute atomic E-state index is 0.0174. The Morgan fingerprint density at radius 2 is 1.92 bits per heavy atom. The fourth-order valence-electron chi connectivity index (χ4n) is 0.795. The highest BCUT2D eigenvalue weighted by Gasteiger charge is 2.07. The average Bonchev–Trinajstić information content (AvgIpc) is 2.12. The quantitative estimate of drug-likeness (QED) is 0.480. The fraction of sp³-hybridized carbons (Fsp3) is 0.364. The van der Waals surface area contributed by atoms with E-state index in [9.17, 15) is 4.79 Å². The highest BCUT2D eigenvalue weighted by Crippen LogP contribution is 2.05. The lowest BCUT2D eigenvalue weighted by Gasteiger charge is -2.10. The predicted molar refractivity (Wildman–Crippen MR) is 56.4 cm³/mol. The lowest BCUT2D eigenvalue weighted by molar-refractivity contribution is -0.124. The number of carbonyl (C=O) groups is 1. The van der Waals surface area contributed by atoms with E-state index < -0.39 is 0 Å². The third-order valence-electron chi connectivity index (χ3n) is 1.71. The van der Waals surface area contributed by atoms with Crippen LogP contribution in [0.5, 0.6) is 0 Å². The third kappa shape index (κ3) is 3.74. The summed E-state index contributed by atoms with van der Waals surface area (Å²) in [5, 5.41) is 0. The maximum atomic E-state index is 11.5. The zero-order chi connectivity index (χ0) is 10.4. The number of amides is 1. The molecule has 0 aliphatic heterocycles. The molecule has 0 bridgehead atoms. The van der Waals surface area contributed by atoms with Crippen LogP contribution in [-0.2, 0) is 4.79 Å². The van der Waals surface area contributed by atoms with Crippen LogP contribution in [0, 0.1) is 0 Å². The highest BCUT2D eigenvalue weighted by atomic mass is 16.2. The molecule has 0 unspecified atom stereocenters. The molecular weight excluding hydrogens is 162 g/mol. The Kier molecular flexibility index (Phi) is 4.82. The number of hydrogen-bond acceptors (Lipinski definition) is 1. The van der Waals surface area contributed by atoms with E-state index in [1.807, 2.05) is 26.0 Å². The molecular formula is C11H17NO. The van der Waals surface area contributed by atoms with Crippen LogP contribution in [0.4, 0.5) is 0 Å². The van der Waals surface area contributed by atoms with E-state index in [4.69, 9.17) is 0 Å². The van der Waals surface area contributed by atoms with Gasteiger partial charge in [0.2, 0.25) is 0 Å². The van der Waals surface area contributed by atoms with E-state index in [-0.39, 0.29) is 5.91 Å². The van der Waals surface area contributed by atoms with E-state index in [1.165, 1.54) is 4.90 Å². The van der Waals surface area contributed by atoms with E-state index >= 15 is 0 Å². The molecule has 0 aromatic heterocycles. The van der Waals surface area contributed by atoms with Gasteiger partial charge in [-0.2, -0.15) is 0 Å². The summed E-state index contributed by atoms with van der Waals surface area (Å²) in [7, 11) is 3.45. The predicted octanol–water partition coefficient (Wildman–Crippen LogP) is 2.15. The molecule has 0 saturated carbocycles. The topological polar surface area (TPSA) is 20.3 Å². The molecule has 0 spiro atoms. The van der Waals surface area contributed by atoms with E-state index in [1.54, 1.807) is 20.2 Å². The molecule has 0 rings (SSSR count). The molecule has 13 heavy (non-hydrogen) atoms. The van der Waals surface area contributed by atoms with Gasteiger partial charge in [0.05, 0.1) is 0 Å². The Morgan fingerprint density at radius 3 is 2.23 bits per heavy atom. The summed E-state index contributed by atoms with van der Waals surface area (Å²) in [6.45, 7) is 7.50. The first kappa shape index (κ1) is 11.7. The zero-order valence-corrected chi connectivity index (χ0v) is 8.79. The van der Waals surface area contributed by atoms with Crippen LogP contribution < -0.4 is 0 Å². The van der Waals surface area contributed by atoms with Crippen molar-refractivity contribution >= 4 is 5.91 Å². The third-order valence-corrected chi connectivity index (χ3v) is 1.71. The molecule has 2 nitrogen and oxygen atoms in total. The summed E-state index contributed by atoms with van der Waals surface area (Å²) in [6, 6.07) is 0. The second kappa shape index (κ2) is 5.36. The Hall–Kier alpha value is -1.31. The molecule has 0 fully saturated rings. The molecule has 0 aromatic rings. The molecule has 0 aliphatic carbocycles. The summed E-state index contributed by atoms with van der Waals surface area (Å²) in [4.78, 5) is 13.0. The molecule has 0 saturated heterocycles. The van der Waals surface area contributed by atoms with E-state index in [2.05, 4.69) is 6.58 Å². The summed E-state index contributed by atoms with van der Waals surface area (Å²) < 4.78 is 0. The zero-order valence-electron chi connectivity index (χ0n) is 8.79. The van der Waals surface area contributed by atoms with Gasteiger partial charge in [0, 0.05) is 19.7 Å². The van der Waals surface area contributed by atoms with Gasteiger partial charge >= 0.3 is 0 Å². The van der Waals surface area contributed by atoms with Crippen LogP contribution in [0.15, 0.2) is 36.0 Å². The maximum absolute atomic E-state index is 11.5. The smallest absolute Gasteiger partial charge is 0.253 e. The van der Waals surface area contributed by atoms with Crippen LogP contribution in [0.2, 0.25) is 0 Å². The number of nitrogens with zero attached hydrogens (tertiary/aromatic N) is 1. The summed E-state index contributed by atoms with van der Waals surface area (Å²) in [5.41, 5.74) is 1.69. The number of rotatable bonds is 3. The molecule has 0 radical (unpaired) electrons. The summed E-state index contributed by atoms with van der Waals surface area (Å²) >= 11 is 0. The van der Waals surface area contributed by atoms with Crippen LogP contribution in [0.25, 0.3) is 0 Å². The monoisotopic (exact) mass is 179 g/mol. The minimum Gasteiger partial charge on any atom is -0.345 e. The number of allylic oxidation sites excluding steroid dienone is 3. The van der Waals surface area contributed by atoms with Crippen molar-refractivity contribution in [1.82, 2.24) is 4.90 Å². The van der Waals surface area contributed by atoms with Gasteiger partial charge < -0.3 is 4.90 Å². The lowest BCUT2D eigenvalue weighted by atomic mass is 10.1. The Labute approximate surface area is 80.2 Å². The molecule has 0 N–H and O–H groups in total. The Bertz CT molecular complexity index is 259.